The first kappa shape index (κ1) is 19.3. The summed E-state index contributed by atoms with van der Waals surface area (Å²) in [5.41, 5.74) is 2.24. The van der Waals surface area contributed by atoms with Crippen molar-refractivity contribution in [3.63, 3.8) is 0 Å². The Morgan fingerprint density at radius 2 is 1.58 bits per heavy atom. The number of hydrogen-bond donors (Lipinski definition) is 2. The summed E-state index contributed by atoms with van der Waals surface area (Å²) in [5, 5.41) is 11.7. The van der Waals surface area contributed by atoms with Gasteiger partial charge in [-0.05, 0) is 48.2 Å². The van der Waals surface area contributed by atoms with E-state index in [-0.39, 0.29) is 11.5 Å². The number of aromatic carboxylic acids is 1. The maximum Gasteiger partial charge on any atom is 0.335 e. The van der Waals surface area contributed by atoms with Crippen LogP contribution in [0.25, 0.3) is 0 Å². The van der Waals surface area contributed by atoms with E-state index in [2.05, 4.69) is 5.32 Å². The highest BCUT2D eigenvalue weighted by Gasteiger charge is 2.07. The molecule has 0 fully saturated rings. The third kappa shape index (κ3) is 5.51. The Hall–Kier alpha value is -3.02. The number of carboxylic acid groups (broad SMARTS) is 1. The Bertz CT molecular complexity index is 755. The van der Waals surface area contributed by atoms with Crippen LogP contribution >= 0.6 is 0 Å². The van der Waals surface area contributed by atoms with Crippen LogP contribution in [0.4, 0.5) is 0 Å². The minimum absolute atomic E-state index is 0.0260. The van der Waals surface area contributed by atoms with E-state index in [1.165, 1.54) is 0 Å². The van der Waals surface area contributed by atoms with Crippen molar-refractivity contribution in [2.45, 2.75) is 19.3 Å². The molecule has 0 aliphatic carbocycles. The first-order valence-electron chi connectivity index (χ1n) is 8.33. The highest BCUT2D eigenvalue weighted by atomic mass is 16.5. The number of amides is 1. The van der Waals surface area contributed by atoms with Crippen molar-refractivity contribution >= 4 is 11.9 Å². The zero-order valence-corrected chi connectivity index (χ0v) is 15.0. The molecule has 0 aliphatic heterocycles. The highest BCUT2D eigenvalue weighted by Crippen LogP contribution is 2.27. The van der Waals surface area contributed by atoms with E-state index in [0.29, 0.717) is 37.3 Å². The second-order valence-corrected chi connectivity index (χ2v) is 5.79. The van der Waals surface area contributed by atoms with Gasteiger partial charge < -0.3 is 19.9 Å². The molecule has 2 N–H and O–H groups in total. The van der Waals surface area contributed by atoms with Crippen molar-refractivity contribution in [2.24, 2.45) is 0 Å². The molecule has 0 radical (unpaired) electrons. The van der Waals surface area contributed by atoms with Gasteiger partial charge in [0.25, 0.3) is 0 Å². The first-order chi connectivity index (χ1) is 12.5. The Labute approximate surface area is 152 Å². The lowest BCUT2D eigenvalue weighted by atomic mass is 10.1. The fraction of sp³-hybridized carbons (Fsp3) is 0.300. The number of aryl methyl sites for hydroxylation is 1. The molecule has 0 aromatic heterocycles. The van der Waals surface area contributed by atoms with Crippen LogP contribution in [0.15, 0.2) is 42.5 Å². The molecule has 1 amide bonds. The van der Waals surface area contributed by atoms with Crippen LogP contribution in [-0.4, -0.2) is 37.7 Å². The van der Waals surface area contributed by atoms with Crippen LogP contribution < -0.4 is 14.8 Å². The summed E-state index contributed by atoms with van der Waals surface area (Å²) in [6, 6.07) is 12.3. The number of carboxylic acids is 1. The molecular weight excluding hydrogens is 334 g/mol. The molecule has 2 rings (SSSR count). The molecular formula is C20H23NO5. The van der Waals surface area contributed by atoms with E-state index in [1.54, 1.807) is 38.5 Å². The van der Waals surface area contributed by atoms with Crippen molar-refractivity contribution in [2.75, 3.05) is 20.8 Å². The summed E-state index contributed by atoms with van der Waals surface area (Å²) in [5.74, 6) is 0.340. The van der Waals surface area contributed by atoms with E-state index in [4.69, 9.17) is 14.6 Å². The molecule has 0 spiro atoms. The third-order valence-electron chi connectivity index (χ3n) is 4.03. The van der Waals surface area contributed by atoms with Crippen LogP contribution in [0.5, 0.6) is 11.5 Å². The number of rotatable bonds is 9. The lowest BCUT2D eigenvalue weighted by Gasteiger charge is -2.10. The molecule has 26 heavy (non-hydrogen) atoms. The number of ether oxygens (including phenoxy) is 2. The minimum atomic E-state index is -0.944. The molecule has 138 valence electrons. The molecule has 6 heteroatoms. The largest absolute Gasteiger partial charge is 0.493 e. The van der Waals surface area contributed by atoms with Gasteiger partial charge >= 0.3 is 5.97 Å². The van der Waals surface area contributed by atoms with Crippen molar-refractivity contribution in [3.05, 3.63) is 59.2 Å². The maximum absolute atomic E-state index is 12.0. The Morgan fingerprint density at radius 1 is 0.923 bits per heavy atom. The number of benzene rings is 2. The van der Waals surface area contributed by atoms with Gasteiger partial charge in [0.15, 0.2) is 11.5 Å². The number of nitrogens with one attached hydrogen (secondary N) is 1. The molecule has 0 aliphatic rings. The molecule has 0 bridgehead atoms. The molecule has 0 saturated heterocycles. The maximum atomic E-state index is 12.0. The molecule has 0 saturated carbocycles. The summed E-state index contributed by atoms with van der Waals surface area (Å²) in [6.07, 6.45) is 1.65. The van der Waals surface area contributed by atoms with Crippen LogP contribution in [-0.2, 0) is 17.6 Å². The van der Waals surface area contributed by atoms with E-state index >= 15 is 0 Å². The van der Waals surface area contributed by atoms with Gasteiger partial charge in [0.05, 0.1) is 19.8 Å². The molecule has 0 heterocycles. The Kier molecular flexibility index (Phi) is 7.02. The second-order valence-electron chi connectivity index (χ2n) is 5.79. The second kappa shape index (κ2) is 9.46. The van der Waals surface area contributed by atoms with E-state index < -0.39 is 5.97 Å². The zero-order chi connectivity index (χ0) is 18.9. The standard InChI is InChI=1S/C20H23NO5/c1-25-17-9-5-15(13-18(17)26-2)6-10-19(22)21-12-11-14-3-7-16(8-4-14)20(23)24/h3-5,7-9,13H,6,10-12H2,1-2H3,(H,21,22)(H,23,24). The average molecular weight is 357 g/mol. The predicted molar refractivity (Wildman–Crippen MR) is 98.0 cm³/mol. The van der Waals surface area contributed by atoms with Gasteiger partial charge in [-0.25, -0.2) is 4.79 Å². The van der Waals surface area contributed by atoms with E-state index in [9.17, 15) is 9.59 Å². The van der Waals surface area contributed by atoms with Gasteiger partial charge in [-0.15, -0.1) is 0 Å². The minimum Gasteiger partial charge on any atom is -0.493 e. The lowest BCUT2D eigenvalue weighted by molar-refractivity contribution is -0.121. The van der Waals surface area contributed by atoms with Crippen molar-refractivity contribution in [1.29, 1.82) is 0 Å². The monoisotopic (exact) mass is 357 g/mol. The topological polar surface area (TPSA) is 84.9 Å². The van der Waals surface area contributed by atoms with Gasteiger partial charge in [0, 0.05) is 13.0 Å². The summed E-state index contributed by atoms with van der Waals surface area (Å²) in [4.78, 5) is 22.8. The smallest absolute Gasteiger partial charge is 0.335 e. The molecule has 0 atom stereocenters. The number of hydrogen-bond acceptors (Lipinski definition) is 4. The quantitative estimate of drug-likeness (QED) is 0.721. The SMILES string of the molecule is COc1ccc(CCC(=O)NCCc2ccc(C(=O)O)cc2)cc1OC. The van der Waals surface area contributed by atoms with Crippen LogP contribution in [0.2, 0.25) is 0 Å². The Balaban J connectivity index is 1.76. The molecule has 0 unspecified atom stereocenters. The van der Waals surface area contributed by atoms with Crippen LogP contribution in [0.1, 0.15) is 27.9 Å². The predicted octanol–water partition coefficient (Wildman–Crippen LogP) is 2.69. The van der Waals surface area contributed by atoms with Gasteiger partial charge in [0.2, 0.25) is 5.91 Å². The normalized spacial score (nSPS) is 10.2. The van der Waals surface area contributed by atoms with Crippen LogP contribution in [0.3, 0.4) is 0 Å². The fourth-order valence-corrected chi connectivity index (χ4v) is 2.54. The summed E-state index contributed by atoms with van der Waals surface area (Å²) < 4.78 is 10.5. The number of methoxy groups -OCH3 is 2. The highest BCUT2D eigenvalue weighted by molar-refractivity contribution is 5.87. The molecule has 2 aromatic rings. The van der Waals surface area contributed by atoms with Gasteiger partial charge in [-0.1, -0.05) is 18.2 Å². The van der Waals surface area contributed by atoms with Crippen molar-refractivity contribution in [3.8, 4) is 11.5 Å². The van der Waals surface area contributed by atoms with Gasteiger partial charge in [-0.2, -0.15) is 0 Å². The first-order valence-corrected chi connectivity index (χ1v) is 8.33. The van der Waals surface area contributed by atoms with E-state index in [1.807, 2.05) is 18.2 Å². The van der Waals surface area contributed by atoms with E-state index in [0.717, 1.165) is 11.1 Å². The number of carbonyl (C=O) groups is 2. The lowest BCUT2D eigenvalue weighted by Crippen LogP contribution is -2.25. The zero-order valence-electron chi connectivity index (χ0n) is 15.0. The fourth-order valence-electron chi connectivity index (χ4n) is 2.54. The van der Waals surface area contributed by atoms with Crippen molar-refractivity contribution < 1.29 is 24.2 Å². The number of carbonyl (C=O) groups excluding carboxylic acids is 1. The summed E-state index contributed by atoms with van der Waals surface area (Å²) in [7, 11) is 3.16. The van der Waals surface area contributed by atoms with Gasteiger partial charge in [-0.3, -0.25) is 4.79 Å². The average Bonchev–Trinajstić information content (AvgIpc) is 2.66. The van der Waals surface area contributed by atoms with Crippen molar-refractivity contribution in [1.82, 2.24) is 5.32 Å². The summed E-state index contributed by atoms with van der Waals surface area (Å²) in [6.45, 7) is 0.511. The Morgan fingerprint density at radius 3 is 2.19 bits per heavy atom. The van der Waals surface area contributed by atoms with Crippen LogP contribution in [0, 0.1) is 0 Å². The molecule has 2 aromatic carbocycles. The molecule has 6 nitrogen and oxygen atoms in total. The third-order valence-corrected chi connectivity index (χ3v) is 4.03. The summed E-state index contributed by atoms with van der Waals surface area (Å²) >= 11 is 0. The van der Waals surface area contributed by atoms with Gasteiger partial charge in [0.1, 0.15) is 0 Å².